The number of urea groups is 1. The molecule has 1 aliphatic rings. The average molecular weight is 470 g/mol. The molecule has 0 aliphatic carbocycles. The average Bonchev–Trinajstić information content (AvgIpc) is 2.74. The Hall–Kier alpha value is -2.59. The van der Waals surface area contributed by atoms with E-state index in [4.69, 9.17) is 0 Å². The smallest absolute Gasteiger partial charge is 0.338 e. The van der Waals surface area contributed by atoms with Crippen LogP contribution < -0.4 is 10.6 Å². The molecule has 1 heterocycles. The largest absolute Gasteiger partial charge is 0.418 e. The van der Waals surface area contributed by atoms with Gasteiger partial charge in [-0.25, -0.2) is 13.2 Å². The fourth-order valence-corrected chi connectivity index (χ4v) is 5.16. The second-order valence-electron chi connectivity index (χ2n) is 7.87. The van der Waals surface area contributed by atoms with Crippen molar-refractivity contribution in [3.8, 4) is 0 Å². The summed E-state index contributed by atoms with van der Waals surface area (Å²) in [5.41, 5.74) is -0.217. The third-order valence-corrected chi connectivity index (χ3v) is 7.46. The Morgan fingerprint density at radius 2 is 1.69 bits per heavy atom. The van der Waals surface area contributed by atoms with E-state index in [0.29, 0.717) is 32.4 Å². The Kier molecular flexibility index (Phi) is 7.45. The number of carbonyl (C=O) groups excluding carboxylic acids is 1. The summed E-state index contributed by atoms with van der Waals surface area (Å²) >= 11 is 0. The second-order valence-corrected chi connectivity index (χ2v) is 9.81. The topological polar surface area (TPSA) is 78.5 Å². The van der Waals surface area contributed by atoms with Crippen molar-refractivity contribution in [2.75, 3.05) is 25.0 Å². The highest BCUT2D eigenvalue weighted by Gasteiger charge is 2.33. The summed E-state index contributed by atoms with van der Waals surface area (Å²) in [7, 11) is -3.53. The molecule has 0 radical (unpaired) electrons. The minimum atomic E-state index is -4.56. The molecular formula is C22H26F3N3O3S. The van der Waals surface area contributed by atoms with Crippen LogP contribution in [0.4, 0.5) is 23.7 Å². The van der Waals surface area contributed by atoms with E-state index in [1.807, 2.05) is 6.92 Å². The van der Waals surface area contributed by atoms with Gasteiger partial charge in [-0.2, -0.15) is 17.5 Å². The first-order chi connectivity index (χ1) is 15.1. The summed E-state index contributed by atoms with van der Waals surface area (Å²) in [5.74, 6) is 0.224. The number of para-hydroxylation sites is 1. The van der Waals surface area contributed by atoms with Gasteiger partial charge in [-0.15, -0.1) is 0 Å². The van der Waals surface area contributed by atoms with Gasteiger partial charge < -0.3 is 10.6 Å². The molecule has 174 valence electrons. The molecule has 0 aromatic heterocycles. The number of hydrogen-bond donors (Lipinski definition) is 2. The number of alkyl halides is 3. The van der Waals surface area contributed by atoms with Crippen molar-refractivity contribution in [1.82, 2.24) is 9.62 Å². The van der Waals surface area contributed by atoms with E-state index < -0.39 is 27.8 Å². The summed E-state index contributed by atoms with van der Waals surface area (Å²) in [6.07, 6.45) is -2.62. The van der Waals surface area contributed by atoms with Crippen LogP contribution in [0.5, 0.6) is 0 Å². The molecule has 2 N–H and O–H groups in total. The lowest BCUT2D eigenvalue weighted by Gasteiger charge is -2.31. The number of halogens is 3. The van der Waals surface area contributed by atoms with Crippen molar-refractivity contribution in [3.63, 3.8) is 0 Å². The highest BCUT2D eigenvalue weighted by molar-refractivity contribution is 7.89. The van der Waals surface area contributed by atoms with Gasteiger partial charge in [0.15, 0.2) is 0 Å². The van der Waals surface area contributed by atoms with Gasteiger partial charge in [0.25, 0.3) is 0 Å². The first-order valence-corrected chi connectivity index (χ1v) is 11.8. The van der Waals surface area contributed by atoms with Crippen molar-refractivity contribution in [3.05, 3.63) is 59.7 Å². The molecule has 3 rings (SSSR count). The number of nitrogens with zero attached hydrogens (tertiary/aromatic N) is 1. The van der Waals surface area contributed by atoms with Gasteiger partial charge in [-0.3, -0.25) is 0 Å². The van der Waals surface area contributed by atoms with Crippen LogP contribution in [0.2, 0.25) is 0 Å². The van der Waals surface area contributed by atoms with Gasteiger partial charge in [0.05, 0.1) is 16.1 Å². The van der Waals surface area contributed by atoms with E-state index in [1.165, 1.54) is 22.5 Å². The summed E-state index contributed by atoms with van der Waals surface area (Å²) in [5, 5.41) is 4.83. The van der Waals surface area contributed by atoms with Crippen LogP contribution in [0.1, 0.15) is 30.4 Å². The molecule has 0 unspecified atom stereocenters. The van der Waals surface area contributed by atoms with Gasteiger partial charge in [-0.1, -0.05) is 29.8 Å². The van der Waals surface area contributed by atoms with Gasteiger partial charge in [-0.05, 0) is 56.4 Å². The molecule has 6 nitrogen and oxygen atoms in total. The lowest BCUT2D eigenvalue weighted by molar-refractivity contribution is -0.136. The van der Waals surface area contributed by atoms with Crippen LogP contribution in [0.3, 0.4) is 0 Å². The number of aryl methyl sites for hydroxylation is 1. The van der Waals surface area contributed by atoms with E-state index in [-0.39, 0.29) is 23.0 Å². The molecule has 0 atom stereocenters. The molecule has 2 aromatic carbocycles. The third-order valence-electron chi connectivity index (χ3n) is 5.55. The van der Waals surface area contributed by atoms with E-state index in [9.17, 15) is 26.4 Å². The van der Waals surface area contributed by atoms with Crippen LogP contribution in [0.25, 0.3) is 0 Å². The Morgan fingerprint density at radius 3 is 2.31 bits per heavy atom. The molecule has 1 aliphatic heterocycles. The minimum absolute atomic E-state index is 0.224. The molecule has 1 saturated heterocycles. The zero-order chi connectivity index (χ0) is 23.4. The highest BCUT2D eigenvalue weighted by atomic mass is 32.2. The van der Waals surface area contributed by atoms with E-state index >= 15 is 0 Å². The Bertz CT molecular complexity index is 1030. The van der Waals surface area contributed by atoms with Crippen LogP contribution in [-0.2, 0) is 16.2 Å². The van der Waals surface area contributed by atoms with Gasteiger partial charge in [0.1, 0.15) is 0 Å². The Morgan fingerprint density at radius 1 is 1.06 bits per heavy atom. The molecule has 10 heteroatoms. The standard InChI is InChI=1S/C22H26F3N3O3S/c1-16-6-8-18(9-7-16)32(30,31)28-14-11-17(12-15-28)10-13-26-21(29)27-20-5-3-2-4-19(20)22(23,24)25/h2-9,17H,10-15H2,1H3,(H2,26,27,29). The quantitative estimate of drug-likeness (QED) is 0.648. The van der Waals surface area contributed by atoms with Crippen LogP contribution >= 0.6 is 0 Å². The number of rotatable bonds is 6. The zero-order valence-corrected chi connectivity index (χ0v) is 18.5. The third kappa shape index (κ3) is 6.01. The van der Waals surface area contributed by atoms with Crippen molar-refractivity contribution < 1.29 is 26.4 Å². The monoisotopic (exact) mass is 469 g/mol. The molecule has 1 fully saturated rings. The fourth-order valence-electron chi connectivity index (χ4n) is 3.69. The minimum Gasteiger partial charge on any atom is -0.338 e. The molecule has 2 amide bonds. The summed E-state index contributed by atoms with van der Waals surface area (Å²) in [6, 6.07) is 10.8. The lowest BCUT2D eigenvalue weighted by atomic mass is 9.95. The van der Waals surface area contributed by atoms with E-state index in [1.54, 1.807) is 24.3 Å². The first-order valence-electron chi connectivity index (χ1n) is 10.4. The molecular weight excluding hydrogens is 443 g/mol. The van der Waals surface area contributed by atoms with Crippen molar-refractivity contribution in [2.45, 2.75) is 37.3 Å². The highest BCUT2D eigenvalue weighted by Crippen LogP contribution is 2.34. The van der Waals surface area contributed by atoms with Crippen molar-refractivity contribution in [1.29, 1.82) is 0 Å². The predicted octanol–water partition coefficient (Wildman–Crippen LogP) is 4.63. The SMILES string of the molecule is Cc1ccc(S(=O)(=O)N2CCC(CCNC(=O)Nc3ccccc3C(F)(F)F)CC2)cc1. The number of nitrogens with one attached hydrogen (secondary N) is 2. The summed E-state index contributed by atoms with van der Waals surface area (Å²) in [6.45, 7) is 2.97. The maximum Gasteiger partial charge on any atom is 0.418 e. The fraction of sp³-hybridized carbons (Fsp3) is 0.409. The number of carbonyl (C=O) groups is 1. The number of piperidine rings is 1. The molecule has 2 aromatic rings. The first kappa shape index (κ1) is 24.1. The second kappa shape index (κ2) is 9.91. The Balaban J connectivity index is 1.45. The lowest BCUT2D eigenvalue weighted by Crippen LogP contribution is -2.39. The van der Waals surface area contributed by atoms with Crippen LogP contribution in [-0.4, -0.2) is 38.4 Å². The normalized spacial score (nSPS) is 16.0. The summed E-state index contributed by atoms with van der Waals surface area (Å²) in [4.78, 5) is 12.3. The molecule has 32 heavy (non-hydrogen) atoms. The van der Waals surface area contributed by atoms with E-state index in [0.717, 1.165) is 11.6 Å². The number of hydrogen-bond acceptors (Lipinski definition) is 3. The van der Waals surface area contributed by atoms with Gasteiger partial charge in [0, 0.05) is 19.6 Å². The van der Waals surface area contributed by atoms with Crippen molar-refractivity contribution >= 4 is 21.7 Å². The van der Waals surface area contributed by atoms with Crippen molar-refractivity contribution in [2.24, 2.45) is 5.92 Å². The van der Waals surface area contributed by atoms with Gasteiger partial charge >= 0.3 is 12.2 Å². The van der Waals surface area contributed by atoms with Crippen LogP contribution in [0.15, 0.2) is 53.4 Å². The van der Waals surface area contributed by atoms with Gasteiger partial charge in [0.2, 0.25) is 10.0 Å². The maximum absolute atomic E-state index is 13.0. The Labute approximate surface area is 185 Å². The zero-order valence-electron chi connectivity index (χ0n) is 17.7. The number of benzene rings is 2. The maximum atomic E-state index is 13.0. The number of amides is 2. The molecule has 0 bridgehead atoms. The predicted molar refractivity (Wildman–Crippen MR) is 116 cm³/mol. The van der Waals surface area contributed by atoms with Crippen LogP contribution in [0, 0.1) is 12.8 Å². The van der Waals surface area contributed by atoms with E-state index in [2.05, 4.69) is 10.6 Å². The molecule has 0 saturated carbocycles. The number of anilines is 1. The summed E-state index contributed by atoms with van der Waals surface area (Å²) < 4.78 is 66.0. The number of sulfonamides is 1. The molecule has 0 spiro atoms.